The maximum atomic E-state index is 11.6. The van der Waals surface area contributed by atoms with E-state index < -0.39 is 17.4 Å². The Labute approximate surface area is 93.6 Å². The van der Waals surface area contributed by atoms with Crippen LogP contribution in [0.15, 0.2) is 21.2 Å². The molecule has 5 nitrogen and oxygen atoms in total. The van der Waals surface area contributed by atoms with E-state index in [-0.39, 0.29) is 5.76 Å². The fourth-order valence-corrected chi connectivity index (χ4v) is 1.63. The predicted molar refractivity (Wildman–Crippen MR) is 53.5 cm³/mol. The van der Waals surface area contributed by atoms with Gasteiger partial charge in [0.25, 0.3) is 5.91 Å². The van der Waals surface area contributed by atoms with Crippen LogP contribution < -0.4 is 5.32 Å². The summed E-state index contributed by atoms with van der Waals surface area (Å²) < 4.78 is 5.44. The molecule has 1 saturated carbocycles. The number of rotatable bonds is 3. The monoisotopic (exact) mass is 273 g/mol. The van der Waals surface area contributed by atoms with Gasteiger partial charge in [-0.3, -0.25) is 4.79 Å². The van der Waals surface area contributed by atoms with Gasteiger partial charge in [-0.1, -0.05) is 0 Å². The lowest BCUT2D eigenvalue weighted by molar-refractivity contribution is -0.140. The highest BCUT2D eigenvalue weighted by molar-refractivity contribution is 9.10. The van der Waals surface area contributed by atoms with Crippen LogP contribution in [0.5, 0.6) is 0 Å². The molecule has 0 spiro atoms. The summed E-state index contributed by atoms with van der Waals surface area (Å²) in [5.74, 6) is -1.41. The van der Waals surface area contributed by atoms with Gasteiger partial charge in [0.1, 0.15) is 5.54 Å². The number of nitrogens with one attached hydrogen (secondary N) is 1. The molecule has 0 aromatic carbocycles. The summed E-state index contributed by atoms with van der Waals surface area (Å²) in [5, 5.41) is 11.3. The first-order valence-corrected chi connectivity index (χ1v) is 5.13. The zero-order valence-corrected chi connectivity index (χ0v) is 9.20. The molecule has 1 aliphatic carbocycles. The highest BCUT2D eigenvalue weighted by Crippen LogP contribution is 2.36. The van der Waals surface area contributed by atoms with Crippen molar-refractivity contribution in [3.63, 3.8) is 0 Å². The number of carboxylic acids is 1. The number of hydrogen-bond acceptors (Lipinski definition) is 3. The van der Waals surface area contributed by atoms with Crippen molar-refractivity contribution in [1.82, 2.24) is 5.32 Å². The van der Waals surface area contributed by atoms with Gasteiger partial charge in [-0.25, -0.2) is 4.79 Å². The number of furan rings is 1. The summed E-state index contributed by atoms with van der Waals surface area (Å²) in [6.45, 7) is 0. The Bertz CT molecular complexity index is 422. The molecule has 15 heavy (non-hydrogen) atoms. The van der Waals surface area contributed by atoms with Crippen molar-refractivity contribution in [2.75, 3.05) is 0 Å². The quantitative estimate of drug-likeness (QED) is 0.872. The number of carbonyl (C=O) groups is 2. The van der Waals surface area contributed by atoms with Gasteiger partial charge in [0.15, 0.2) is 0 Å². The van der Waals surface area contributed by atoms with E-state index in [2.05, 4.69) is 21.2 Å². The minimum Gasteiger partial charge on any atom is -0.480 e. The van der Waals surface area contributed by atoms with Crippen LogP contribution >= 0.6 is 15.9 Å². The molecule has 6 heteroatoms. The van der Waals surface area contributed by atoms with Gasteiger partial charge in [-0.15, -0.1) is 0 Å². The summed E-state index contributed by atoms with van der Waals surface area (Å²) in [7, 11) is 0. The zero-order valence-electron chi connectivity index (χ0n) is 7.62. The second-order valence-electron chi connectivity index (χ2n) is 3.44. The van der Waals surface area contributed by atoms with Crippen molar-refractivity contribution in [2.45, 2.75) is 18.4 Å². The van der Waals surface area contributed by atoms with E-state index in [1.165, 1.54) is 6.26 Å². The Kier molecular flexibility index (Phi) is 2.30. The van der Waals surface area contributed by atoms with Crippen molar-refractivity contribution in [1.29, 1.82) is 0 Å². The lowest BCUT2D eigenvalue weighted by atomic mass is 10.2. The predicted octanol–water partition coefficient (Wildman–Crippen LogP) is 1.39. The van der Waals surface area contributed by atoms with Crippen LogP contribution in [0.25, 0.3) is 0 Å². The third-order valence-electron chi connectivity index (χ3n) is 2.34. The molecule has 2 N–H and O–H groups in total. The molecule has 1 heterocycles. The molecule has 0 unspecified atom stereocenters. The van der Waals surface area contributed by atoms with E-state index in [1.54, 1.807) is 6.07 Å². The Morgan fingerprint density at radius 1 is 1.53 bits per heavy atom. The van der Waals surface area contributed by atoms with E-state index in [0.717, 1.165) is 0 Å². The smallest absolute Gasteiger partial charge is 0.329 e. The molecule has 1 aliphatic rings. The summed E-state index contributed by atoms with van der Waals surface area (Å²) in [4.78, 5) is 22.4. The van der Waals surface area contributed by atoms with Gasteiger partial charge < -0.3 is 14.8 Å². The SMILES string of the molecule is O=C(NC1(C(=O)O)CC1)c1occc1Br. The number of carbonyl (C=O) groups excluding carboxylic acids is 1. The number of amides is 1. The molecule has 0 aliphatic heterocycles. The van der Waals surface area contributed by atoms with Crippen LogP contribution in [-0.2, 0) is 4.79 Å². The van der Waals surface area contributed by atoms with Crippen molar-refractivity contribution >= 4 is 27.8 Å². The molecule has 2 rings (SSSR count). The lowest BCUT2D eigenvalue weighted by Gasteiger charge is -2.10. The lowest BCUT2D eigenvalue weighted by Crippen LogP contribution is -2.43. The average molecular weight is 274 g/mol. The number of aliphatic carboxylic acids is 1. The minimum absolute atomic E-state index is 0.0996. The fraction of sp³-hybridized carbons (Fsp3) is 0.333. The number of carboxylic acid groups (broad SMARTS) is 1. The molecule has 0 atom stereocenters. The Balaban J connectivity index is 2.11. The molecule has 1 aromatic heterocycles. The van der Waals surface area contributed by atoms with Gasteiger partial charge >= 0.3 is 5.97 Å². The van der Waals surface area contributed by atoms with E-state index in [0.29, 0.717) is 17.3 Å². The second kappa shape index (κ2) is 3.37. The van der Waals surface area contributed by atoms with Gasteiger partial charge in [0, 0.05) is 0 Å². The molecule has 0 saturated heterocycles. The van der Waals surface area contributed by atoms with Crippen LogP contribution in [0.4, 0.5) is 0 Å². The largest absolute Gasteiger partial charge is 0.480 e. The topological polar surface area (TPSA) is 79.5 Å². The fourth-order valence-electron chi connectivity index (χ4n) is 1.25. The molecular formula is C9H8BrNO4. The maximum absolute atomic E-state index is 11.6. The molecule has 80 valence electrons. The standard InChI is InChI=1S/C9H8BrNO4/c10-5-1-4-15-6(5)7(12)11-9(2-3-9)8(13)14/h1,4H,2-3H2,(H,11,12)(H,13,14). The highest BCUT2D eigenvalue weighted by atomic mass is 79.9. The average Bonchev–Trinajstić information content (AvgIpc) is 2.82. The Morgan fingerprint density at radius 3 is 2.60 bits per heavy atom. The first-order valence-electron chi connectivity index (χ1n) is 4.34. The third kappa shape index (κ3) is 1.77. The molecule has 0 bridgehead atoms. The van der Waals surface area contributed by atoms with E-state index in [4.69, 9.17) is 9.52 Å². The van der Waals surface area contributed by atoms with E-state index in [1.807, 2.05) is 0 Å². The van der Waals surface area contributed by atoms with Gasteiger partial charge in [-0.2, -0.15) is 0 Å². The van der Waals surface area contributed by atoms with Crippen LogP contribution in [0.3, 0.4) is 0 Å². The van der Waals surface area contributed by atoms with Crippen LogP contribution in [-0.4, -0.2) is 22.5 Å². The first kappa shape index (κ1) is 10.2. The highest BCUT2D eigenvalue weighted by Gasteiger charge is 2.52. The van der Waals surface area contributed by atoms with Gasteiger partial charge in [-0.05, 0) is 34.8 Å². The third-order valence-corrected chi connectivity index (χ3v) is 2.96. The first-order chi connectivity index (χ1) is 7.05. The van der Waals surface area contributed by atoms with Crippen molar-refractivity contribution in [3.05, 3.63) is 22.6 Å². The van der Waals surface area contributed by atoms with Crippen molar-refractivity contribution in [2.24, 2.45) is 0 Å². The molecular weight excluding hydrogens is 266 g/mol. The van der Waals surface area contributed by atoms with Crippen molar-refractivity contribution in [3.8, 4) is 0 Å². The summed E-state index contributed by atoms with van der Waals surface area (Å²) >= 11 is 3.13. The summed E-state index contributed by atoms with van der Waals surface area (Å²) in [6, 6.07) is 1.58. The maximum Gasteiger partial charge on any atom is 0.329 e. The van der Waals surface area contributed by atoms with Gasteiger partial charge in [0.05, 0.1) is 10.7 Å². The zero-order chi connectivity index (χ0) is 11.1. The minimum atomic E-state index is -1.08. The summed E-state index contributed by atoms with van der Waals surface area (Å²) in [6.07, 6.45) is 2.29. The van der Waals surface area contributed by atoms with Crippen LogP contribution in [0.2, 0.25) is 0 Å². The second-order valence-corrected chi connectivity index (χ2v) is 4.29. The van der Waals surface area contributed by atoms with E-state index >= 15 is 0 Å². The molecule has 1 amide bonds. The molecule has 1 fully saturated rings. The molecule has 0 radical (unpaired) electrons. The Hall–Kier alpha value is -1.30. The Morgan fingerprint density at radius 2 is 2.20 bits per heavy atom. The summed E-state index contributed by atoms with van der Waals surface area (Å²) in [5.41, 5.74) is -1.08. The number of hydrogen-bond donors (Lipinski definition) is 2. The van der Waals surface area contributed by atoms with Gasteiger partial charge in [0.2, 0.25) is 5.76 Å². The van der Waals surface area contributed by atoms with Crippen LogP contribution in [0.1, 0.15) is 23.4 Å². The van der Waals surface area contributed by atoms with E-state index in [9.17, 15) is 9.59 Å². The van der Waals surface area contributed by atoms with Crippen molar-refractivity contribution < 1.29 is 19.1 Å². The molecule has 1 aromatic rings. The normalized spacial score (nSPS) is 17.1. The van der Waals surface area contributed by atoms with Crippen LogP contribution in [0, 0.1) is 0 Å². The number of halogens is 1.